The topological polar surface area (TPSA) is 57.5 Å². The Bertz CT molecular complexity index is 397. The lowest BCUT2D eigenvalue weighted by molar-refractivity contribution is -0.134. The zero-order valence-corrected chi connectivity index (χ0v) is 7.42. The highest BCUT2D eigenvalue weighted by Crippen LogP contribution is 2.31. The van der Waals surface area contributed by atoms with Gasteiger partial charge in [0.15, 0.2) is 11.9 Å². The molecule has 0 saturated carbocycles. The predicted octanol–water partition coefficient (Wildman–Crippen LogP) is 0.461. The maximum atomic E-state index is 10.8. The Morgan fingerprint density at radius 1 is 1.36 bits per heavy atom. The van der Waals surface area contributed by atoms with Crippen LogP contribution in [0.25, 0.3) is 6.08 Å². The van der Waals surface area contributed by atoms with E-state index in [0.717, 1.165) is 5.56 Å². The average molecular weight is 190 g/mol. The Kier molecular flexibility index (Phi) is 1.98. The number of rotatable bonds is 1. The summed E-state index contributed by atoms with van der Waals surface area (Å²) in [7, 11) is 0. The smallest absolute Gasteiger partial charge is 0.175 e. The lowest BCUT2D eigenvalue weighted by Crippen LogP contribution is -2.42. The monoisotopic (exact) mass is 190 g/mol. The van der Waals surface area contributed by atoms with Crippen molar-refractivity contribution >= 4 is 12.4 Å². The Morgan fingerprint density at radius 3 is 2.79 bits per heavy atom. The van der Waals surface area contributed by atoms with Crippen LogP contribution in [0.1, 0.15) is 11.1 Å². The van der Waals surface area contributed by atoms with Gasteiger partial charge in [-0.15, -0.1) is 0 Å². The van der Waals surface area contributed by atoms with E-state index in [1.54, 1.807) is 24.3 Å². The van der Waals surface area contributed by atoms with Crippen molar-refractivity contribution in [2.24, 2.45) is 0 Å². The first-order valence-corrected chi connectivity index (χ1v) is 4.33. The summed E-state index contributed by atoms with van der Waals surface area (Å²) in [6.07, 6.45) is 2.31. The van der Waals surface area contributed by atoms with E-state index in [9.17, 15) is 15.0 Å². The van der Waals surface area contributed by atoms with Gasteiger partial charge >= 0.3 is 0 Å². The van der Waals surface area contributed by atoms with Gasteiger partial charge in [-0.3, -0.25) is 4.79 Å². The Labute approximate surface area is 81.3 Å². The van der Waals surface area contributed by atoms with Gasteiger partial charge < -0.3 is 10.2 Å². The van der Waals surface area contributed by atoms with Crippen LogP contribution < -0.4 is 0 Å². The van der Waals surface area contributed by atoms with Gasteiger partial charge in [0.05, 0.1) is 0 Å². The number of hydrogen-bond acceptors (Lipinski definition) is 3. The molecule has 3 nitrogen and oxygen atoms in total. The quantitative estimate of drug-likeness (QED) is 0.632. The lowest BCUT2D eigenvalue weighted by Gasteiger charge is -2.30. The molecule has 0 spiro atoms. The molecule has 1 aliphatic rings. The first-order valence-electron chi connectivity index (χ1n) is 4.33. The van der Waals surface area contributed by atoms with Crippen molar-refractivity contribution in [2.75, 3.05) is 0 Å². The van der Waals surface area contributed by atoms with Crippen LogP contribution in [0.2, 0.25) is 0 Å². The second-order valence-corrected chi connectivity index (χ2v) is 3.33. The van der Waals surface area contributed by atoms with Gasteiger partial charge in [0.1, 0.15) is 6.10 Å². The second-order valence-electron chi connectivity index (χ2n) is 3.33. The van der Waals surface area contributed by atoms with Crippen LogP contribution in [0.3, 0.4) is 0 Å². The molecule has 0 heterocycles. The third-order valence-corrected chi connectivity index (χ3v) is 2.48. The molecule has 1 aromatic carbocycles. The van der Waals surface area contributed by atoms with E-state index >= 15 is 0 Å². The largest absolute Gasteiger partial charge is 0.385 e. The summed E-state index contributed by atoms with van der Waals surface area (Å²) in [5.41, 5.74) is -0.594. The average Bonchev–Trinajstić information content (AvgIpc) is 2.24. The fourth-order valence-electron chi connectivity index (χ4n) is 1.64. The summed E-state index contributed by atoms with van der Waals surface area (Å²) in [5.74, 6) is 0. The molecule has 0 radical (unpaired) electrons. The number of carbonyl (C=O) groups is 1. The minimum absolute atomic E-state index is 0.375. The molecule has 0 fully saturated rings. The molecule has 2 atom stereocenters. The van der Waals surface area contributed by atoms with E-state index in [1.807, 2.05) is 6.07 Å². The maximum Gasteiger partial charge on any atom is 0.175 e. The number of fused-ring (bicyclic) bond motifs is 1. The Hall–Kier alpha value is -1.45. The molecule has 14 heavy (non-hydrogen) atoms. The molecule has 0 aromatic heterocycles. The molecule has 1 aliphatic carbocycles. The van der Waals surface area contributed by atoms with Gasteiger partial charge in [0, 0.05) is 5.56 Å². The maximum absolute atomic E-state index is 10.8. The van der Waals surface area contributed by atoms with Gasteiger partial charge in [-0.05, 0) is 5.56 Å². The fourth-order valence-corrected chi connectivity index (χ4v) is 1.64. The first-order chi connectivity index (χ1) is 6.68. The molecular weight excluding hydrogens is 180 g/mol. The first kappa shape index (κ1) is 9.12. The van der Waals surface area contributed by atoms with E-state index in [2.05, 4.69) is 0 Å². The highest BCUT2D eigenvalue weighted by atomic mass is 16.3. The number of carbonyl (C=O) groups excluding carboxylic acids is 1. The molecule has 2 N–H and O–H groups in total. The summed E-state index contributed by atoms with van der Waals surface area (Å²) in [4.78, 5) is 10.8. The predicted molar refractivity (Wildman–Crippen MR) is 51.4 cm³/mol. The van der Waals surface area contributed by atoms with Crippen molar-refractivity contribution in [3.8, 4) is 0 Å². The summed E-state index contributed by atoms with van der Waals surface area (Å²) < 4.78 is 0. The zero-order valence-electron chi connectivity index (χ0n) is 7.42. The number of hydrogen-bond donors (Lipinski definition) is 2. The number of aldehydes is 1. The van der Waals surface area contributed by atoms with Crippen molar-refractivity contribution in [3.63, 3.8) is 0 Å². The molecule has 3 heteroatoms. The van der Waals surface area contributed by atoms with Crippen LogP contribution >= 0.6 is 0 Å². The van der Waals surface area contributed by atoms with Crippen molar-refractivity contribution in [2.45, 2.75) is 11.7 Å². The molecule has 2 rings (SSSR count). The highest BCUT2D eigenvalue weighted by molar-refractivity contribution is 5.75. The van der Waals surface area contributed by atoms with Crippen LogP contribution in [0.15, 0.2) is 30.3 Å². The SMILES string of the molecule is O=CC1(O)c2ccccc2C=CC1O. The molecule has 1 aromatic rings. The molecule has 0 saturated heterocycles. The lowest BCUT2D eigenvalue weighted by atomic mass is 9.82. The van der Waals surface area contributed by atoms with Crippen molar-refractivity contribution in [1.29, 1.82) is 0 Å². The van der Waals surface area contributed by atoms with E-state index in [0.29, 0.717) is 11.8 Å². The van der Waals surface area contributed by atoms with Crippen molar-refractivity contribution in [3.05, 3.63) is 41.5 Å². The third kappa shape index (κ3) is 1.10. The second kappa shape index (κ2) is 3.04. The normalized spacial score (nSPS) is 29.7. The Balaban J connectivity index is 2.65. The fraction of sp³-hybridized carbons (Fsp3) is 0.182. The molecular formula is C11H10O3. The summed E-state index contributed by atoms with van der Waals surface area (Å²) in [6.45, 7) is 0. The third-order valence-electron chi connectivity index (χ3n) is 2.48. The molecule has 0 bridgehead atoms. The van der Waals surface area contributed by atoms with Crippen LogP contribution in [-0.2, 0) is 10.4 Å². The van der Waals surface area contributed by atoms with Gasteiger partial charge in [-0.2, -0.15) is 0 Å². The molecule has 72 valence electrons. The van der Waals surface area contributed by atoms with E-state index in [4.69, 9.17) is 0 Å². The summed E-state index contributed by atoms with van der Waals surface area (Å²) in [5, 5.41) is 19.4. The van der Waals surface area contributed by atoms with Crippen LogP contribution in [0.5, 0.6) is 0 Å². The summed E-state index contributed by atoms with van der Waals surface area (Å²) in [6, 6.07) is 6.95. The van der Waals surface area contributed by atoms with Crippen LogP contribution in [0, 0.1) is 0 Å². The van der Waals surface area contributed by atoms with Crippen molar-refractivity contribution < 1.29 is 15.0 Å². The van der Waals surface area contributed by atoms with Crippen LogP contribution in [0.4, 0.5) is 0 Å². The van der Waals surface area contributed by atoms with Gasteiger partial charge in [0.25, 0.3) is 0 Å². The van der Waals surface area contributed by atoms with E-state index < -0.39 is 11.7 Å². The number of aliphatic hydroxyl groups excluding tert-OH is 1. The molecule has 0 aliphatic heterocycles. The molecule has 2 unspecified atom stereocenters. The minimum Gasteiger partial charge on any atom is -0.385 e. The number of aliphatic hydroxyl groups is 2. The minimum atomic E-state index is -1.80. The Morgan fingerprint density at radius 2 is 2.07 bits per heavy atom. The van der Waals surface area contributed by atoms with Gasteiger partial charge in [-0.1, -0.05) is 36.4 Å². The summed E-state index contributed by atoms with van der Waals surface area (Å²) >= 11 is 0. The highest BCUT2D eigenvalue weighted by Gasteiger charge is 2.39. The van der Waals surface area contributed by atoms with Gasteiger partial charge in [0.2, 0.25) is 0 Å². The van der Waals surface area contributed by atoms with Crippen molar-refractivity contribution in [1.82, 2.24) is 0 Å². The van der Waals surface area contributed by atoms with E-state index in [-0.39, 0.29) is 0 Å². The zero-order chi connectivity index (χ0) is 10.2. The molecule has 0 amide bonds. The standard InChI is InChI=1S/C11H10O3/c12-7-11(14)9-4-2-1-3-8(9)5-6-10(11)13/h1-7,10,13-14H. The number of benzene rings is 1. The van der Waals surface area contributed by atoms with Crippen LogP contribution in [-0.4, -0.2) is 22.6 Å². The van der Waals surface area contributed by atoms with E-state index in [1.165, 1.54) is 6.08 Å². The van der Waals surface area contributed by atoms with Gasteiger partial charge in [-0.25, -0.2) is 0 Å².